The molecule has 6 nitrogen and oxygen atoms in total. The monoisotopic (exact) mass is 297 g/mol. The molecule has 2 fully saturated rings. The van der Waals surface area contributed by atoms with Crippen molar-refractivity contribution in [2.24, 2.45) is 5.92 Å². The molecule has 0 aliphatic carbocycles. The van der Waals surface area contributed by atoms with Crippen molar-refractivity contribution in [2.45, 2.75) is 38.1 Å². The third-order valence-corrected chi connectivity index (χ3v) is 4.72. The summed E-state index contributed by atoms with van der Waals surface area (Å²) in [5, 5.41) is 8.90. The van der Waals surface area contributed by atoms with E-state index < -0.39 is 5.97 Å². The fraction of sp³-hybridized carbons (Fsp3) is 0.867. The number of carboxylic acids is 1. The van der Waals surface area contributed by atoms with Crippen molar-refractivity contribution in [3.8, 4) is 0 Å². The first-order chi connectivity index (χ1) is 9.97. The second-order valence-corrected chi connectivity index (χ2v) is 6.52. The van der Waals surface area contributed by atoms with Crippen LogP contribution < -0.4 is 0 Å². The van der Waals surface area contributed by atoms with Crippen LogP contribution in [-0.2, 0) is 4.79 Å². The summed E-state index contributed by atoms with van der Waals surface area (Å²) < 4.78 is 0. The Morgan fingerprint density at radius 1 is 1.10 bits per heavy atom. The van der Waals surface area contributed by atoms with Gasteiger partial charge < -0.3 is 19.8 Å². The van der Waals surface area contributed by atoms with E-state index in [2.05, 4.69) is 19.0 Å². The molecule has 1 atom stereocenters. The molecule has 2 rings (SSSR count). The molecular formula is C15H27N3O3. The van der Waals surface area contributed by atoms with Gasteiger partial charge in [-0.2, -0.15) is 0 Å². The zero-order valence-corrected chi connectivity index (χ0v) is 13.1. The SMILES string of the molecule is CN(C)C1CCN(C(=O)N2CCCC(CC(=O)O)C2)CC1. The summed E-state index contributed by atoms with van der Waals surface area (Å²) in [5.41, 5.74) is 0. The number of piperidine rings is 2. The summed E-state index contributed by atoms with van der Waals surface area (Å²) in [5.74, 6) is -0.652. The molecule has 0 aromatic carbocycles. The molecule has 2 amide bonds. The van der Waals surface area contributed by atoms with E-state index in [1.54, 1.807) is 0 Å². The van der Waals surface area contributed by atoms with Crippen LogP contribution in [0.25, 0.3) is 0 Å². The lowest BCUT2D eigenvalue weighted by Crippen LogP contribution is -2.52. The molecule has 0 spiro atoms. The van der Waals surface area contributed by atoms with Crippen LogP contribution in [0.1, 0.15) is 32.1 Å². The van der Waals surface area contributed by atoms with E-state index in [0.717, 1.165) is 45.3 Å². The minimum Gasteiger partial charge on any atom is -0.481 e. The van der Waals surface area contributed by atoms with Gasteiger partial charge >= 0.3 is 12.0 Å². The third-order valence-electron chi connectivity index (χ3n) is 4.72. The molecule has 6 heteroatoms. The largest absolute Gasteiger partial charge is 0.481 e. The molecule has 1 unspecified atom stereocenters. The highest BCUT2D eigenvalue weighted by molar-refractivity contribution is 5.75. The summed E-state index contributed by atoms with van der Waals surface area (Å²) in [6, 6.07) is 0.664. The first kappa shape index (κ1) is 16.1. The van der Waals surface area contributed by atoms with E-state index in [0.29, 0.717) is 12.6 Å². The highest BCUT2D eigenvalue weighted by Crippen LogP contribution is 2.22. The number of carboxylic acid groups (broad SMARTS) is 1. The minimum atomic E-state index is -0.763. The van der Waals surface area contributed by atoms with Crippen LogP contribution in [0, 0.1) is 5.92 Å². The normalized spacial score (nSPS) is 24.4. The number of aliphatic carboxylic acids is 1. The Morgan fingerprint density at radius 2 is 1.76 bits per heavy atom. The van der Waals surface area contributed by atoms with Crippen LogP contribution >= 0.6 is 0 Å². The van der Waals surface area contributed by atoms with Gasteiger partial charge in [0.25, 0.3) is 0 Å². The van der Waals surface area contributed by atoms with Gasteiger partial charge in [0.2, 0.25) is 0 Å². The maximum atomic E-state index is 12.6. The second kappa shape index (κ2) is 7.11. The van der Waals surface area contributed by atoms with E-state index in [9.17, 15) is 9.59 Å². The van der Waals surface area contributed by atoms with Crippen molar-refractivity contribution < 1.29 is 14.7 Å². The van der Waals surface area contributed by atoms with Crippen LogP contribution in [0.3, 0.4) is 0 Å². The van der Waals surface area contributed by atoms with Crippen LogP contribution in [0.5, 0.6) is 0 Å². The van der Waals surface area contributed by atoms with E-state index in [1.807, 2.05) is 9.80 Å². The quantitative estimate of drug-likeness (QED) is 0.853. The second-order valence-electron chi connectivity index (χ2n) is 6.52. The van der Waals surface area contributed by atoms with Crippen LogP contribution in [0.4, 0.5) is 4.79 Å². The summed E-state index contributed by atoms with van der Waals surface area (Å²) in [6.07, 6.45) is 4.04. The van der Waals surface area contributed by atoms with E-state index >= 15 is 0 Å². The number of hydrogen-bond acceptors (Lipinski definition) is 3. The summed E-state index contributed by atoms with van der Waals surface area (Å²) in [7, 11) is 4.17. The fourth-order valence-electron chi connectivity index (χ4n) is 3.43. The molecule has 0 radical (unpaired) electrons. The van der Waals surface area contributed by atoms with Crippen LogP contribution in [-0.4, -0.2) is 78.1 Å². The first-order valence-corrected chi connectivity index (χ1v) is 7.89. The lowest BCUT2D eigenvalue weighted by Gasteiger charge is -2.40. The number of urea groups is 1. The smallest absolute Gasteiger partial charge is 0.320 e. The molecular weight excluding hydrogens is 270 g/mol. The van der Waals surface area contributed by atoms with Gasteiger partial charge in [-0.1, -0.05) is 0 Å². The molecule has 2 heterocycles. The number of carbonyl (C=O) groups excluding carboxylic acids is 1. The summed E-state index contributed by atoms with van der Waals surface area (Å²) >= 11 is 0. The Hall–Kier alpha value is -1.30. The van der Waals surface area contributed by atoms with Crippen molar-refractivity contribution in [2.75, 3.05) is 40.3 Å². The molecule has 1 N–H and O–H groups in total. The lowest BCUT2D eigenvalue weighted by molar-refractivity contribution is -0.138. The standard InChI is InChI=1S/C15H27N3O3/c1-16(2)13-5-8-17(9-6-13)15(21)18-7-3-4-12(11-18)10-14(19)20/h12-13H,3-11H2,1-2H3,(H,19,20). The molecule has 2 aliphatic rings. The predicted octanol–water partition coefficient (Wildman–Crippen LogP) is 1.32. The average molecular weight is 297 g/mol. The average Bonchev–Trinajstić information content (AvgIpc) is 2.46. The Balaban J connectivity index is 1.84. The van der Waals surface area contributed by atoms with Crippen molar-refractivity contribution in [3.05, 3.63) is 0 Å². The van der Waals surface area contributed by atoms with E-state index in [-0.39, 0.29) is 18.4 Å². The Bertz CT molecular complexity index is 378. The van der Waals surface area contributed by atoms with Crippen molar-refractivity contribution >= 4 is 12.0 Å². The van der Waals surface area contributed by atoms with E-state index in [1.165, 1.54) is 0 Å². The van der Waals surface area contributed by atoms with Gasteiger partial charge in [0, 0.05) is 38.6 Å². The van der Waals surface area contributed by atoms with Gasteiger partial charge in [0.15, 0.2) is 0 Å². The highest BCUT2D eigenvalue weighted by atomic mass is 16.4. The van der Waals surface area contributed by atoms with Gasteiger partial charge in [-0.25, -0.2) is 4.79 Å². The zero-order chi connectivity index (χ0) is 15.4. The Labute approximate surface area is 126 Å². The van der Waals surface area contributed by atoms with Crippen LogP contribution in [0.15, 0.2) is 0 Å². The number of rotatable bonds is 3. The maximum Gasteiger partial charge on any atom is 0.320 e. The summed E-state index contributed by atoms with van der Waals surface area (Å²) in [4.78, 5) is 29.4. The molecule has 21 heavy (non-hydrogen) atoms. The Morgan fingerprint density at radius 3 is 2.33 bits per heavy atom. The van der Waals surface area contributed by atoms with Crippen molar-refractivity contribution in [1.29, 1.82) is 0 Å². The lowest BCUT2D eigenvalue weighted by atomic mass is 9.95. The van der Waals surface area contributed by atoms with Gasteiger partial charge in [-0.05, 0) is 45.7 Å². The molecule has 0 aromatic rings. The topological polar surface area (TPSA) is 64.1 Å². The Kier molecular flexibility index (Phi) is 5.45. The fourth-order valence-corrected chi connectivity index (χ4v) is 3.43. The molecule has 0 saturated carbocycles. The molecule has 120 valence electrons. The number of likely N-dealkylation sites (tertiary alicyclic amines) is 2. The number of carbonyl (C=O) groups is 2. The van der Waals surface area contributed by atoms with Crippen molar-refractivity contribution in [3.63, 3.8) is 0 Å². The number of amides is 2. The van der Waals surface area contributed by atoms with Crippen LogP contribution in [0.2, 0.25) is 0 Å². The van der Waals surface area contributed by atoms with Gasteiger partial charge in [0.1, 0.15) is 0 Å². The molecule has 2 saturated heterocycles. The number of hydrogen-bond donors (Lipinski definition) is 1. The molecule has 2 aliphatic heterocycles. The van der Waals surface area contributed by atoms with E-state index in [4.69, 9.17) is 5.11 Å². The van der Waals surface area contributed by atoms with Crippen molar-refractivity contribution in [1.82, 2.24) is 14.7 Å². The summed E-state index contributed by atoms with van der Waals surface area (Å²) in [6.45, 7) is 2.98. The maximum absolute atomic E-state index is 12.6. The highest BCUT2D eigenvalue weighted by Gasteiger charge is 2.30. The minimum absolute atomic E-state index is 0.0993. The predicted molar refractivity (Wildman–Crippen MR) is 80.2 cm³/mol. The van der Waals surface area contributed by atoms with Gasteiger partial charge in [0.05, 0.1) is 0 Å². The van der Waals surface area contributed by atoms with Gasteiger partial charge in [-0.3, -0.25) is 4.79 Å². The molecule has 0 aromatic heterocycles. The zero-order valence-electron chi connectivity index (χ0n) is 13.1. The van der Waals surface area contributed by atoms with Gasteiger partial charge in [-0.15, -0.1) is 0 Å². The number of nitrogens with zero attached hydrogens (tertiary/aromatic N) is 3. The third kappa shape index (κ3) is 4.33. The first-order valence-electron chi connectivity index (χ1n) is 7.89. The molecule has 0 bridgehead atoms.